The van der Waals surface area contributed by atoms with Crippen LogP contribution in [0, 0.1) is 12.8 Å². The summed E-state index contributed by atoms with van der Waals surface area (Å²) in [6, 6.07) is 5.24. The third kappa shape index (κ3) is 4.80. The monoisotopic (exact) mass is 312 g/mol. The second-order valence-corrected chi connectivity index (χ2v) is 7.32. The number of hydrogen-bond donors (Lipinski definition) is 2. The molecule has 0 saturated heterocycles. The summed E-state index contributed by atoms with van der Waals surface area (Å²) < 4.78 is 27.8. The molecule has 0 radical (unpaired) electrons. The second-order valence-electron chi connectivity index (χ2n) is 5.61. The van der Waals surface area contributed by atoms with Crippen LogP contribution in [0.15, 0.2) is 23.1 Å². The van der Waals surface area contributed by atoms with Crippen molar-refractivity contribution >= 4 is 10.0 Å². The zero-order valence-corrected chi connectivity index (χ0v) is 14.5. The van der Waals surface area contributed by atoms with Crippen LogP contribution in [0.1, 0.15) is 44.7 Å². The van der Waals surface area contributed by atoms with E-state index < -0.39 is 10.0 Å². The standard InChI is InChI=1S/C16H28N2O2S/c1-6-14(7-2)13(4)18-21(19,20)16-9-8-12(3)15(10-16)11-17-5/h8-10,13-14,17-18H,6-7,11H2,1-5H3. The van der Waals surface area contributed by atoms with E-state index in [4.69, 9.17) is 0 Å². The predicted octanol–water partition coefficient (Wildman–Crippen LogP) is 2.82. The Hall–Kier alpha value is -0.910. The van der Waals surface area contributed by atoms with Crippen LogP contribution in [0.2, 0.25) is 0 Å². The molecule has 21 heavy (non-hydrogen) atoms. The summed E-state index contributed by atoms with van der Waals surface area (Å²) in [5.74, 6) is 0.363. The molecule has 1 atom stereocenters. The quantitative estimate of drug-likeness (QED) is 0.776. The number of rotatable bonds is 8. The normalized spacial score (nSPS) is 13.6. The average Bonchev–Trinajstić information content (AvgIpc) is 2.42. The highest BCUT2D eigenvalue weighted by Gasteiger charge is 2.22. The minimum absolute atomic E-state index is 0.0564. The minimum atomic E-state index is -3.46. The molecular weight excluding hydrogens is 284 g/mol. The number of aryl methyl sites for hydroxylation is 1. The number of sulfonamides is 1. The van der Waals surface area contributed by atoms with Crippen molar-refractivity contribution in [2.75, 3.05) is 7.05 Å². The molecule has 1 aromatic carbocycles. The van der Waals surface area contributed by atoms with Crippen molar-refractivity contribution in [2.24, 2.45) is 5.92 Å². The van der Waals surface area contributed by atoms with Crippen LogP contribution in [0.3, 0.4) is 0 Å². The van der Waals surface area contributed by atoms with Crippen LogP contribution < -0.4 is 10.0 Å². The minimum Gasteiger partial charge on any atom is -0.316 e. The van der Waals surface area contributed by atoms with Crippen LogP contribution in [0.4, 0.5) is 0 Å². The molecule has 2 N–H and O–H groups in total. The first kappa shape index (κ1) is 18.1. The lowest BCUT2D eigenvalue weighted by molar-refractivity contribution is 0.390. The van der Waals surface area contributed by atoms with Crippen molar-refractivity contribution in [1.82, 2.24) is 10.0 Å². The summed E-state index contributed by atoms with van der Waals surface area (Å²) in [4.78, 5) is 0.344. The molecule has 0 spiro atoms. The first-order valence-corrected chi connectivity index (χ1v) is 9.10. The lowest BCUT2D eigenvalue weighted by Crippen LogP contribution is -2.37. The number of hydrogen-bond acceptors (Lipinski definition) is 3. The maximum Gasteiger partial charge on any atom is 0.240 e. The maximum atomic E-state index is 12.5. The second kappa shape index (κ2) is 7.92. The Labute approximate surface area is 129 Å². The molecule has 0 aliphatic heterocycles. The van der Waals surface area contributed by atoms with E-state index in [0.29, 0.717) is 17.4 Å². The smallest absolute Gasteiger partial charge is 0.240 e. The van der Waals surface area contributed by atoms with Gasteiger partial charge in [-0.2, -0.15) is 0 Å². The molecule has 0 amide bonds. The molecule has 0 aliphatic carbocycles. The van der Waals surface area contributed by atoms with E-state index in [-0.39, 0.29) is 6.04 Å². The van der Waals surface area contributed by atoms with Crippen LogP contribution in [0.5, 0.6) is 0 Å². The van der Waals surface area contributed by atoms with Gasteiger partial charge in [-0.3, -0.25) is 0 Å². The molecule has 0 heterocycles. The van der Waals surface area contributed by atoms with E-state index in [0.717, 1.165) is 24.0 Å². The number of nitrogens with one attached hydrogen (secondary N) is 2. The molecule has 1 unspecified atom stereocenters. The first-order valence-electron chi connectivity index (χ1n) is 7.62. The Morgan fingerprint density at radius 3 is 2.33 bits per heavy atom. The Kier molecular flexibility index (Phi) is 6.84. The van der Waals surface area contributed by atoms with Crippen LogP contribution in [0.25, 0.3) is 0 Å². The van der Waals surface area contributed by atoms with E-state index in [1.165, 1.54) is 0 Å². The zero-order valence-electron chi connectivity index (χ0n) is 13.7. The van der Waals surface area contributed by atoms with Gasteiger partial charge in [-0.1, -0.05) is 32.8 Å². The van der Waals surface area contributed by atoms with Crippen LogP contribution in [-0.4, -0.2) is 21.5 Å². The lowest BCUT2D eigenvalue weighted by Gasteiger charge is -2.22. The van der Waals surface area contributed by atoms with Gasteiger partial charge in [0.1, 0.15) is 0 Å². The molecule has 0 aromatic heterocycles. The van der Waals surface area contributed by atoms with Gasteiger partial charge in [-0.25, -0.2) is 13.1 Å². The van der Waals surface area contributed by atoms with Gasteiger partial charge in [0.05, 0.1) is 4.90 Å². The van der Waals surface area contributed by atoms with E-state index >= 15 is 0 Å². The Balaban J connectivity index is 3.00. The van der Waals surface area contributed by atoms with Gasteiger partial charge >= 0.3 is 0 Å². The maximum absolute atomic E-state index is 12.5. The van der Waals surface area contributed by atoms with Gasteiger partial charge in [-0.15, -0.1) is 0 Å². The Morgan fingerprint density at radius 1 is 1.19 bits per heavy atom. The van der Waals surface area contributed by atoms with E-state index in [1.54, 1.807) is 12.1 Å². The molecule has 1 aromatic rings. The third-order valence-corrected chi connectivity index (χ3v) is 5.65. The molecule has 1 rings (SSSR count). The van der Waals surface area contributed by atoms with Crippen molar-refractivity contribution in [3.8, 4) is 0 Å². The summed E-state index contributed by atoms with van der Waals surface area (Å²) in [6.45, 7) is 8.78. The van der Waals surface area contributed by atoms with Gasteiger partial charge in [0.15, 0.2) is 0 Å². The molecular formula is C16H28N2O2S. The largest absolute Gasteiger partial charge is 0.316 e. The highest BCUT2D eigenvalue weighted by Crippen LogP contribution is 2.19. The zero-order chi connectivity index (χ0) is 16.0. The van der Waals surface area contributed by atoms with Crippen molar-refractivity contribution in [2.45, 2.75) is 58.0 Å². The van der Waals surface area contributed by atoms with Gasteiger partial charge in [-0.05, 0) is 50.1 Å². The molecule has 0 bridgehead atoms. The highest BCUT2D eigenvalue weighted by molar-refractivity contribution is 7.89. The van der Waals surface area contributed by atoms with Crippen molar-refractivity contribution in [3.63, 3.8) is 0 Å². The average molecular weight is 312 g/mol. The van der Waals surface area contributed by atoms with E-state index in [2.05, 4.69) is 23.9 Å². The third-order valence-electron chi connectivity index (χ3n) is 4.10. The van der Waals surface area contributed by atoms with E-state index in [1.807, 2.05) is 27.0 Å². The molecule has 5 heteroatoms. The SMILES string of the molecule is CCC(CC)C(C)NS(=O)(=O)c1ccc(C)c(CNC)c1. The summed E-state index contributed by atoms with van der Waals surface area (Å²) in [7, 11) is -1.60. The fourth-order valence-electron chi connectivity index (χ4n) is 2.60. The fraction of sp³-hybridized carbons (Fsp3) is 0.625. The predicted molar refractivity (Wildman–Crippen MR) is 87.8 cm³/mol. The van der Waals surface area contributed by atoms with Crippen molar-refractivity contribution in [1.29, 1.82) is 0 Å². The van der Waals surface area contributed by atoms with Crippen LogP contribution in [-0.2, 0) is 16.6 Å². The van der Waals surface area contributed by atoms with Gasteiger partial charge < -0.3 is 5.32 Å². The van der Waals surface area contributed by atoms with Crippen molar-refractivity contribution < 1.29 is 8.42 Å². The molecule has 0 fully saturated rings. The van der Waals surface area contributed by atoms with Crippen molar-refractivity contribution in [3.05, 3.63) is 29.3 Å². The summed E-state index contributed by atoms with van der Waals surface area (Å²) >= 11 is 0. The fourth-order valence-corrected chi connectivity index (χ4v) is 3.96. The summed E-state index contributed by atoms with van der Waals surface area (Å²) in [6.07, 6.45) is 1.94. The molecule has 120 valence electrons. The molecule has 0 saturated carbocycles. The topological polar surface area (TPSA) is 58.2 Å². The molecule has 4 nitrogen and oxygen atoms in total. The number of benzene rings is 1. The summed E-state index contributed by atoms with van der Waals surface area (Å²) in [5.41, 5.74) is 2.10. The van der Waals surface area contributed by atoms with Gasteiger partial charge in [0.25, 0.3) is 0 Å². The Morgan fingerprint density at radius 2 is 1.81 bits per heavy atom. The van der Waals surface area contributed by atoms with Gasteiger partial charge in [0.2, 0.25) is 10.0 Å². The highest BCUT2D eigenvalue weighted by atomic mass is 32.2. The summed E-state index contributed by atoms with van der Waals surface area (Å²) in [5, 5.41) is 3.07. The van der Waals surface area contributed by atoms with Gasteiger partial charge in [0, 0.05) is 12.6 Å². The van der Waals surface area contributed by atoms with Crippen LogP contribution >= 0.6 is 0 Å². The van der Waals surface area contributed by atoms with E-state index in [9.17, 15) is 8.42 Å². The first-order chi connectivity index (χ1) is 9.85. The Bertz CT molecular complexity index is 551. The molecule has 0 aliphatic rings. The lowest BCUT2D eigenvalue weighted by atomic mass is 9.96.